The summed E-state index contributed by atoms with van der Waals surface area (Å²) in [4.78, 5) is 17.0. The quantitative estimate of drug-likeness (QED) is 0.683. The predicted octanol–water partition coefficient (Wildman–Crippen LogP) is 3.99. The Morgan fingerprint density at radius 1 is 1.14 bits per heavy atom. The van der Waals surface area contributed by atoms with Crippen molar-refractivity contribution in [3.8, 4) is 0 Å². The Morgan fingerprint density at radius 3 is 2.57 bits per heavy atom. The number of thiazole rings is 1. The maximum absolute atomic E-state index is 12.4. The van der Waals surface area contributed by atoms with Crippen molar-refractivity contribution in [2.24, 2.45) is 0 Å². The van der Waals surface area contributed by atoms with Crippen LogP contribution >= 0.6 is 11.3 Å². The van der Waals surface area contributed by atoms with Gasteiger partial charge in [-0.3, -0.25) is 4.79 Å². The minimum Gasteiger partial charge on any atom is -0.465 e. The second kappa shape index (κ2) is 6.06. The highest BCUT2D eigenvalue weighted by molar-refractivity contribution is 7.18. The molecule has 3 rings (SSSR count). The maximum atomic E-state index is 12.4. The molecule has 0 saturated heterocycles. The van der Waals surface area contributed by atoms with Gasteiger partial charge in [-0.1, -0.05) is 42.5 Å². The van der Waals surface area contributed by atoms with Crippen LogP contribution in [0.25, 0.3) is 10.2 Å². The molecule has 1 atom stereocenters. The van der Waals surface area contributed by atoms with E-state index in [1.54, 1.807) is 11.3 Å². The van der Waals surface area contributed by atoms with Gasteiger partial charge < -0.3 is 4.74 Å². The summed E-state index contributed by atoms with van der Waals surface area (Å²) >= 11 is 1.54. The van der Waals surface area contributed by atoms with Gasteiger partial charge in [0.25, 0.3) is 0 Å². The molecule has 0 saturated carbocycles. The number of benzene rings is 2. The fourth-order valence-corrected chi connectivity index (χ4v) is 3.35. The molecule has 1 heterocycles. The SMILES string of the molecule is CCOC(=O)[C@@H](c1ccccc1)c1nc2ccccc2s1. The van der Waals surface area contributed by atoms with E-state index < -0.39 is 5.92 Å². The second-order valence-electron chi connectivity index (χ2n) is 4.62. The van der Waals surface area contributed by atoms with Gasteiger partial charge >= 0.3 is 5.97 Å². The fourth-order valence-electron chi connectivity index (χ4n) is 2.26. The van der Waals surface area contributed by atoms with Gasteiger partial charge in [0.2, 0.25) is 0 Å². The summed E-state index contributed by atoms with van der Waals surface area (Å²) in [6, 6.07) is 17.6. The van der Waals surface area contributed by atoms with Crippen molar-refractivity contribution >= 4 is 27.5 Å². The molecule has 0 radical (unpaired) electrons. The highest BCUT2D eigenvalue weighted by Crippen LogP contribution is 2.32. The number of nitrogens with zero attached hydrogens (tertiary/aromatic N) is 1. The summed E-state index contributed by atoms with van der Waals surface area (Å²) in [5, 5.41) is 0.779. The third-order valence-corrected chi connectivity index (χ3v) is 4.31. The molecule has 3 nitrogen and oxygen atoms in total. The van der Waals surface area contributed by atoms with Crippen molar-refractivity contribution in [1.29, 1.82) is 0 Å². The summed E-state index contributed by atoms with van der Waals surface area (Å²) < 4.78 is 6.32. The lowest BCUT2D eigenvalue weighted by molar-refractivity contribution is -0.143. The first-order chi connectivity index (χ1) is 10.3. The van der Waals surface area contributed by atoms with E-state index in [9.17, 15) is 4.79 Å². The van der Waals surface area contributed by atoms with Crippen LogP contribution in [0.2, 0.25) is 0 Å². The number of hydrogen-bond acceptors (Lipinski definition) is 4. The lowest BCUT2D eigenvalue weighted by Gasteiger charge is -2.13. The molecule has 0 aliphatic rings. The molecule has 0 N–H and O–H groups in total. The number of carbonyl (C=O) groups is 1. The highest BCUT2D eigenvalue weighted by Gasteiger charge is 2.27. The molecule has 1 aromatic heterocycles. The van der Waals surface area contributed by atoms with Gasteiger partial charge in [-0.25, -0.2) is 4.98 Å². The Hall–Kier alpha value is -2.20. The molecule has 0 amide bonds. The average molecular weight is 297 g/mol. The minimum absolute atomic E-state index is 0.247. The number of hydrogen-bond donors (Lipinski definition) is 0. The first-order valence-electron chi connectivity index (χ1n) is 6.86. The highest BCUT2D eigenvalue weighted by atomic mass is 32.1. The molecule has 0 bridgehead atoms. The van der Waals surface area contributed by atoms with Crippen molar-refractivity contribution in [2.75, 3.05) is 6.61 Å². The van der Waals surface area contributed by atoms with Gasteiger partial charge in [-0.15, -0.1) is 11.3 Å². The molecule has 0 aliphatic carbocycles. The number of para-hydroxylation sites is 1. The molecular formula is C17H15NO2S. The molecule has 4 heteroatoms. The van der Waals surface area contributed by atoms with E-state index in [1.165, 1.54) is 0 Å². The molecule has 0 aliphatic heterocycles. The van der Waals surface area contributed by atoms with E-state index in [2.05, 4.69) is 4.98 Å². The number of carbonyl (C=O) groups excluding carboxylic acids is 1. The summed E-state index contributed by atoms with van der Waals surface area (Å²) in [6.45, 7) is 2.19. The van der Waals surface area contributed by atoms with Crippen molar-refractivity contribution in [3.05, 3.63) is 65.2 Å². The first kappa shape index (κ1) is 13.8. The Balaban J connectivity index is 2.08. The Kier molecular flexibility index (Phi) is 3.97. The first-order valence-corrected chi connectivity index (χ1v) is 7.68. The van der Waals surface area contributed by atoms with Gasteiger partial charge in [0, 0.05) is 0 Å². The van der Waals surface area contributed by atoms with E-state index in [1.807, 2.05) is 61.5 Å². The molecule has 0 spiro atoms. The zero-order valence-electron chi connectivity index (χ0n) is 11.7. The normalized spacial score (nSPS) is 12.2. The number of esters is 1. The van der Waals surface area contributed by atoms with Crippen LogP contribution in [0.4, 0.5) is 0 Å². The largest absolute Gasteiger partial charge is 0.465 e. The molecular weight excluding hydrogens is 282 g/mol. The number of fused-ring (bicyclic) bond motifs is 1. The summed E-state index contributed by atoms with van der Waals surface area (Å²) in [5.74, 6) is -0.702. The van der Waals surface area contributed by atoms with E-state index in [0.29, 0.717) is 6.61 Å². The maximum Gasteiger partial charge on any atom is 0.320 e. The smallest absolute Gasteiger partial charge is 0.320 e. The zero-order chi connectivity index (χ0) is 14.7. The van der Waals surface area contributed by atoms with Crippen molar-refractivity contribution in [2.45, 2.75) is 12.8 Å². The molecule has 106 valence electrons. The van der Waals surface area contributed by atoms with E-state index >= 15 is 0 Å². The Bertz CT molecular complexity index is 719. The minimum atomic E-state index is -0.455. The molecule has 0 unspecified atom stereocenters. The van der Waals surface area contributed by atoms with E-state index in [-0.39, 0.29) is 5.97 Å². The summed E-state index contributed by atoms with van der Waals surface area (Å²) in [6.07, 6.45) is 0. The standard InChI is InChI=1S/C17H15NO2S/c1-2-20-17(19)15(12-8-4-3-5-9-12)16-18-13-10-6-7-11-14(13)21-16/h3-11,15H,2H2,1H3/t15-/m0/s1. The summed E-state index contributed by atoms with van der Waals surface area (Å²) in [7, 11) is 0. The Morgan fingerprint density at radius 2 is 1.86 bits per heavy atom. The van der Waals surface area contributed by atoms with Crippen molar-refractivity contribution in [1.82, 2.24) is 4.98 Å². The van der Waals surface area contributed by atoms with Gasteiger partial charge in [-0.2, -0.15) is 0 Å². The number of ether oxygens (including phenoxy) is 1. The average Bonchev–Trinajstić information content (AvgIpc) is 2.92. The van der Waals surface area contributed by atoms with Crippen LogP contribution < -0.4 is 0 Å². The fraction of sp³-hybridized carbons (Fsp3) is 0.176. The molecule has 2 aromatic carbocycles. The lowest BCUT2D eigenvalue weighted by atomic mass is 10.00. The second-order valence-corrected chi connectivity index (χ2v) is 5.68. The third-order valence-electron chi connectivity index (χ3n) is 3.21. The van der Waals surface area contributed by atoms with Crippen molar-refractivity contribution < 1.29 is 9.53 Å². The van der Waals surface area contributed by atoms with Gasteiger partial charge in [-0.05, 0) is 24.6 Å². The van der Waals surface area contributed by atoms with Crippen LogP contribution in [0.3, 0.4) is 0 Å². The summed E-state index contributed by atoms with van der Waals surface area (Å²) in [5.41, 5.74) is 1.83. The molecule has 3 aromatic rings. The van der Waals surface area contributed by atoms with E-state index in [4.69, 9.17) is 4.74 Å². The lowest BCUT2D eigenvalue weighted by Crippen LogP contribution is -2.17. The van der Waals surface area contributed by atoms with Crippen LogP contribution in [-0.2, 0) is 9.53 Å². The van der Waals surface area contributed by atoms with Gasteiger partial charge in [0.1, 0.15) is 10.9 Å². The van der Waals surface area contributed by atoms with Crippen LogP contribution in [0, 0.1) is 0 Å². The number of aromatic nitrogens is 1. The third kappa shape index (κ3) is 2.81. The van der Waals surface area contributed by atoms with Crippen LogP contribution in [0.1, 0.15) is 23.4 Å². The van der Waals surface area contributed by atoms with Crippen LogP contribution in [-0.4, -0.2) is 17.6 Å². The van der Waals surface area contributed by atoms with Crippen LogP contribution in [0.15, 0.2) is 54.6 Å². The zero-order valence-corrected chi connectivity index (χ0v) is 12.5. The van der Waals surface area contributed by atoms with E-state index in [0.717, 1.165) is 20.8 Å². The Labute approximate surface area is 127 Å². The monoisotopic (exact) mass is 297 g/mol. The number of rotatable bonds is 4. The molecule has 0 fully saturated rings. The topological polar surface area (TPSA) is 39.2 Å². The van der Waals surface area contributed by atoms with Crippen molar-refractivity contribution in [3.63, 3.8) is 0 Å². The van der Waals surface area contributed by atoms with Gasteiger partial charge in [0.15, 0.2) is 0 Å². The van der Waals surface area contributed by atoms with Gasteiger partial charge in [0.05, 0.1) is 16.8 Å². The van der Waals surface area contributed by atoms with Crippen LogP contribution in [0.5, 0.6) is 0 Å². The predicted molar refractivity (Wildman–Crippen MR) is 84.5 cm³/mol. The molecule has 21 heavy (non-hydrogen) atoms.